The number of carbonyl (C=O) groups is 1. The zero-order chi connectivity index (χ0) is 21.7. The van der Waals surface area contributed by atoms with E-state index < -0.39 is 28.3 Å². The number of benzene rings is 3. The molecule has 1 N–H and O–H groups in total. The maximum absolute atomic E-state index is 13.9. The molecule has 0 aliphatic heterocycles. The first-order valence-electron chi connectivity index (χ1n) is 9.11. The predicted octanol–water partition coefficient (Wildman–Crippen LogP) is 4.73. The molecule has 5 nitrogen and oxygen atoms in total. The Morgan fingerprint density at radius 2 is 1.63 bits per heavy atom. The fourth-order valence-electron chi connectivity index (χ4n) is 2.79. The Labute approximate surface area is 183 Å². The third-order valence-electron chi connectivity index (χ3n) is 4.40. The van der Waals surface area contributed by atoms with E-state index in [9.17, 15) is 17.6 Å². The van der Waals surface area contributed by atoms with Crippen LogP contribution in [-0.2, 0) is 21.4 Å². The molecule has 0 unspecified atom stereocenters. The molecule has 3 rings (SSSR count). The van der Waals surface area contributed by atoms with E-state index >= 15 is 0 Å². The van der Waals surface area contributed by atoms with Crippen LogP contribution in [0, 0.1) is 12.7 Å². The second-order valence-corrected chi connectivity index (χ2v) is 9.59. The summed E-state index contributed by atoms with van der Waals surface area (Å²) in [5.74, 6) is -1.22. The number of rotatable bonds is 7. The van der Waals surface area contributed by atoms with Crippen LogP contribution in [0.2, 0.25) is 0 Å². The van der Waals surface area contributed by atoms with Crippen LogP contribution >= 0.6 is 15.9 Å². The summed E-state index contributed by atoms with van der Waals surface area (Å²) in [6.07, 6.45) is 0. The van der Waals surface area contributed by atoms with Crippen molar-refractivity contribution in [2.45, 2.75) is 18.4 Å². The van der Waals surface area contributed by atoms with Gasteiger partial charge in [-0.2, -0.15) is 4.31 Å². The molecule has 0 spiro atoms. The van der Waals surface area contributed by atoms with Crippen molar-refractivity contribution in [2.75, 3.05) is 11.9 Å². The SMILES string of the molecule is Cc1ccc(S(=O)(=O)N(CC(=O)Nc2ccccc2F)Cc2ccc(Br)cc2)cc1. The molecule has 0 atom stereocenters. The van der Waals surface area contributed by atoms with Crippen molar-refractivity contribution in [3.8, 4) is 0 Å². The van der Waals surface area contributed by atoms with Crippen molar-refractivity contribution in [3.05, 3.63) is 94.2 Å². The number of aryl methyl sites for hydroxylation is 1. The molecule has 0 aliphatic rings. The minimum Gasteiger partial charge on any atom is -0.322 e. The summed E-state index contributed by atoms with van der Waals surface area (Å²) in [7, 11) is -3.96. The standard InChI is InChI=1S/C22H20BrFN2O3S/c1-16-6-12-19(13-7-16)30(28,29)26(14-17-8-10-18(23)11-9-17)15-22(27)25-21-5-3-2-4-20(21)24/h2-13H,14-15H2,1H3,(H,25,27). The highest BCUT2D eigenvalue weighted by molar-refractivity contribution is 9.10. The number of hydrogen-bond donors (Lipinski definition) is 1. The molecule has 0 fully saturated rings. The summed E-state index contributed by atoms with van der Waals surface area (Å²) in [4.78, 5) is 12.6. The van der Waals surface area contributed by atoms with Gasteiger partial charge in [0.2, 0.25) is 15.9 Å². The van der Waals surface area contributed by atoms with Crippen molar-refractivity contribution in [1.29, 1.82) is 0 Å². The fourth-order valence-corrected chi connectivity index (χ4v) is 4.44. The molecule has 3 aromatic carbocycles. The third-order valence-corrected chi connectivity index (χ3v) is 6.73. The summed E-state index contributed by atoms with van der Waals surface area (Å²) in [6.45, 7) is 1.40. The first-order valence-corrected chi connectivity index (χ1v) is 11.3. The van der Waals surface area contributed by atoms with Crippen LogP contribution in [0.3, 0.4) is 0 Å². The average Bonchev–Trinajstić information content (AvgIpc) is 2.71. The number of amides is 1. The number of hydrogen-bond acceptors (Lipinski definition) is 3. The van der Waals surface area contributed by atoms with Gasteiger partial charge in [-0.1, -0.05) is 57.9 Å². The molecule has 8 heteroatoms. The maximum Gasteiger partial charge on any atom is 0.243 e. The number of para-hydroxylation sites is 1. The van der Waals surface area contributed by atoms with Crippen molar-refractivity contribution in [1.82, 2.24) is 4.31 Å². The normalized spacial score (nSPS) is 11.5. The van der Waals surface area contributed by atoms with Crippen LogP contribution < -0.4 is 5.32 Å². The molecular formula is C22H20BrFN2O3S. The number of halogens is 2. The topological polar surface area (TPSA) is 66.5 Å². The summed E-state index contributed by atoms with van der Waals surface area (Å²) < 4.78 is 42.3. The highest BCUT2D eigenvalue weighted by Crippen LogP contribution is 2.21. The smallest absolute Gasteiger partial charge is 0.243 e. The molecule has 1 amide bonds. The molecule has 0 radical (unpaired) electrons. The predicted molar refractivity (Wildman–Crippen MR) is 118 cm³/mol. The van der Waals surface area contributed by atoms with Crippen molar-refractivity contribution < 1.29 is 17.6 Å². The van der Waals surface area contributed by atoms with Crippen LogP contribution in [0.1, 0.15) is 11.1 Å². The zero-order valence-electron chi connectivity index (χ0n) is 16.2. The summed E-state index contributed by atoms with van der Waals surface area (Å²) >= 11 is 3.35. The van der Waals surface area contributed by atoms with E-state index in [1.807, 2.05) is 6.92 Å². The number of anilines is 1. The number of nitrogens with zero attached hydrogens (tertiary/aromatic N) is 1. The Morgan fingerprint density at radius 1 is 1.00 bits per heavy atom. The number of nitrogens with one attached hydrogen (secondary N) is 1. The lowest BCUT2D eigenvalue weighted by Crippen LogP contribution is -2.37. The quantitative estimate of drug-likeness (QED) is 0.520. The van der Waals surface area contributed by atoms with Gasteiger partial charge in [0.15, 0.2) is 0 Å². The highest BCUT2D eigenvalue weighted by atomic mass is 79.9. The maximum atomic E-state index is 13.9. The molecule has 156 valence electrons. The highest BCUT2D eigenvalue weighted by Gasteiger charge is 2.27. The Kier molecular flexibility index (Phi) is 7.02. The van der Waals surface area contributed by atoms with Gasteiger partial charge in [-0.15, -0.1) is 0 Å². The molecule has 0 heterocycles. The van der Waals surface area contributed by atoms with Gasteiger partial charge in [0, 0.05) is 11.0 Å². The van der Waals surface area contributed by atoms with Crippen LogP contribution in [0.5, 0.6) is 0 Å². The minimum absolute atomic E-state index is 0.00109. The lowest BCUT2D eigenvalue weighted by atomic mass is 10.2. The lowest BCUT2D eigenvalue weighted by Gasteiger charge is -2.22. The number of carbonyl (C=O) groups excluding carboxylic acids is 1. The number of sulfonamides is 1. The Morgan fingerprint density at radius 3 is 2.27 bits per heavy atom. The monoisotopic (exact) mass is 490 g/mol. The van der Waals surface area contributed by atoms with E-state index in [0.29, 0.717) is 5.56 Å². The van der Waals surface area contributed by atoms with Crippen molar-refractivity contribution >= 4 is 37.5 Å². The second kappa shape index (κ2) is 9.51. The van der Waals surface area contributed by atoms with E-state index in [4.69, 9.17) is 0 Å². The van der Waals surface area contributed by atoms with Gasteiger partial charge in [0.1, 0.15) is 5.82 Å². The van der Waals surface area contributed by atoms with Gasteiger partial charge in [-0.05, 0) is 48.9 Å². The zero-order valence-corrected chi connectivity index (χ0v) is 18.6. The van der Waals surface area contributed by atoms with Gasteiger partial charge in [0.25, 0.3) is 0 Å². The molecule has 0 aromatic heterocycles. The molecule has 30 heavy (non-hydrogen) atoms. The molecular weight excluding hydrogens is 471 g/mol. The van der Waals surface area contributed by atoms with E-state index in [1.54, 1.807) is 42.5 Å². The van der Waals surface area contributed by atoms with Crippen molar-refractivity contribution in [2.24, 2.45) is 0 Å². The molecule has 0 bridgehead atoms. The fraction of sp³-hybridized carbons (Fsp3) is 0.136. The van der Waals surface area contributed by atoms with Crippen molar-refractivity contribution in [3.63, 3.8) is 0 Å². The van der Waals surface area contributed by atoms with Gasteiger partial charge >= 0.3 is 0 Å². The Bertz CT molecular complexity index is 1130. The summed E-state index contributed by atoms with van der Waals surface area (Å²) in [5.41, 5.74) is 1.64. The largest absolute Gasteiger partial charge is 0.322 e. The summed E-state index contributed by atoms with van der Waals surface area (Å²) in [6, 6.07) is 19.3. The molecule has 0 aliphatic carbocycles. The molecule has 0 saturated heterocycles. The van der Waals surface area contributed by atoms with Crippen LogP contribution in [0.25, 0.3) is 0 Å². The van der Waals surface area contributed by atoms with Crippen LogP contribution in [-0.4, -0.2) is 25.2 Å². The van der Waals surface area contributed by atoms with Crippen LogP contribution in [0.15, 0.2) is 82.2 Å². The van der Waals surface area contributed by atoms with E-state index in [2.05, 4.69) is 21.2 Å². The van der Waals surface area contributed by atoms with E-state index in [-0.39, 0.29) is 17.1 Å². The lowest BCUT2D eigenvalue weighted by molar-refractivity contribution is -0.116. The van der Waals surface area contributed by atoms with E-state index in [0.717, 1.165) is 14.3 Å². The Balaban J connectivity index is 1.88. The first-order chi connectivity index (χ1) is 14.3. The Hall–Kier alpha value is -2.55. The van der Waals surface area contributed by atoms with E-state index in [1.165, 1.54) is 30.3 Å². The van der Waals surface area contributed by atoms with Gasteiger partial charge in [0.05, 0.1) is 17.1 Å². The summed E-state index contributed by atoms with van der Waals surface area (Å²) in [5, 5.41) is 2.44. The second-order valence-electron chi connectivity index (χ2n) is 6.74. The third kappa shape index (κ3) is 5.53. The first kappa shape index (κ1) is 22.1. The van der Waals surface area contributed by atoms with Gasteiger partial charge in [-0.25, -0.2) is 12.8 Å². The van der Waals surface area contributed by atoms with Crippen LogP contribution in [0.4, 0.5) is 10.1 Å². The van der Waals surface area contributed by atoms with Gasteiger partial charge < -0.3 is 5.32 Å². The minimum atomic E-state index is -3.96. The van der Waals surface area contributed by atoms with Gasteiger partial charge in [-0.3, -0.25) is 4.79 Å². The molecule has 0 saturated carbocycles. The average molecular weight is 491 g/mol. The molecule has 3 aromatic rings.